The van der Waals surface area contributed by atoms with Crippen LogP contribution in [-0.2, 0) is 6.42 Å². The highest BCUT2D eigenvalue weighted by Crippen LogP contribution is 2.34. The van der Waals surface area contributed by atoms with Crippen molar-refractivity contribution in [3.05, 3.63) is 34.1 Å². The van der Waals surface area contributed by atoms with Gasteiger partial charge in [0.15, 0.2) is 4.34 Å². The molecule has 0 radical (unpaired) electrons. The van der Waals surface area contributed by atoms with Gasteiger partial charge in [0.1, 0.15) is 5.82 Å². The molecule has 6 heteroatoms. The second-order valence-electron chi connectivity index (χ2n) is 4.16. The molecule has 1 atom stereocenters. The molecule has 0 saturated heterocycles. The van der Waals surface area contributed by atoms with Gasteiger partial charge >= 0.3 is 0 Å². The average molecular weight is 344 g/mol. The van der Waals surface area contributed by atoms with Crippen LogP contribution in [-0.4, -0.2) is 15.4 Å². The van der Waals surface area contributed by atoms with Gasteiger partial charge in [0.25, 0.3) is 0 Å². The lowest BCUT2D eigenvalue weighted by atomic mass is 10.1. The first-order valence-electron chi connectivity index (χ1n) is 5.57. The number of halogens is 1. The van der Waals surface area contributed by atoms with E-state index >= 15 is 0 Å². The molecule has 1 heterocycles. The molecule has 2 N–H and O–H groups in total. The number of nitrogens with two attached hydrogens (primary N) is 1. The fourth-order valence-electron chi connectivity index (χ4n) is 1.54. The normalized spacial score (nSPS) is 12.7. The Hall–Kier alpha value is -0.430. The first kappa shape index (κ1) is 14.0. The van der Waals surface area contributed by atoms with Crippen LogP contribution in [0.3, 0.4) is 0 Å². The maximum absolute atomic E-state index is 5.80. The van der Waals surface area contributed by atoms with Crippen LogP contribution >= 0.6 is 39.2 Å². The van der Waals surface area contributed by atoms with E-state index < -0.39 is 0 Å². The summed E-state index contributed by atoms with van der Waals surface area (Å²) in [4.78, 5) is 5.50. The van der Waals surface area contributed by atoms with Crippen molar-refractivity contribution in [1.29, 1.82) is 0 Å². The number of rotatable bonds is 4. The van der Waals surface area contributed by atoms with Crippen molar-refractivity contribution in [2.75, 3.05) is 0 Å². The van der Waals surface area contributed by atoms with E-state index in [4.69, 9.17) is 5.73 Å². The van der Waals surface area contributed by atoms with Crippen molar-refractivity contribution in [2.45, 2.75) is 35.5 Å². The van der Waals surface area contributed by atoms with Gasteiger partial charge in [0.05, 0.1) is 0 Å². The molecule has 0 aliphatic carbocycles. The standard InChI is InChI=1S/C12H14BrN3S2/c1-7(14)5-9-3-4-11(10(13)6-9)17-12-15-8(2)16-18-12/h3-4,6-7H,5,14H2,1-2H3. The zero-order valence-corrected chi connectivity index (χ0v) is 13.4. The first-order valence-corrected chi connectivity index (χ1v) is 7.95. The number of benzene rings is 1. The lowest BCUT2D eigenvalue weighted by Crippen LogP contribution is -2.17. The van der Waals surface area contributed by atoms with E-state index in [1.54, 1.807) is 11.8 Å². The summed E-state index contributed by atoms with van der Waals surface area (Å²) >= 11 is 6.65. The fourth-order valence-corrected chi connectivity index (χ4v) is 3.82. The maximum atomic E-state index is 5.80. The van der Waals surface area contributed by atoms with Gasteiger partial charge in [0.2, 0.25) is 0 Å². The number of hydrogen-bond donors (Lipinski definition) is 1. The molecule has 2 rings (SSSR count). The number of nitrogens with zero attached hydrogens (tertiary/aromatic N) is 2. The van der Waals surface area contributed by atoms with E-state index in [1.807, 2.05) is 13.8 Å². The Balaban J connectivity index is 2.14. The highest BCUT2D eigenvalue weighted by Gasteiger charge is 2.08. The average Bonchev–Trinajstić information content (AvgIpc) is 2.67. The minimum absolute atomic E-state index is 0.182. The molecule has 2 aromatic rings. The largest absolute Gasteiger partial charge is 0.328 e. The van der Waals surface area contributed by atoms with E-state index in [9.17, 15) is 0 Å². The Bertz CT molecular complexity index is 540. The SMILES string of the molecule is Cc1nsc(Sc2ccc(CC(C)N)cc2Br)n1. The van der Waals surface area contributed by atoms with Gasteiger partial charge < -0.3 is 5.73 Å². The summed E-state index contributed by atoms with van der Waals surface area (Å²) in [5.41, 5.74) is 7.05. The summed E-state index contributed by atoms with van der Waals surface area (Å²) < 4.78 is 6.23. The molecule has 0 amide bonds. The lowest BCUT2D eigenvalue weighted by Gasteiger charge is -2.08. The van der Waals surface area contributed by atoms with Crippen molar-refractivity contribution in [1.82, 2.24) is 9.36 Å². The summed E-state index contributed by atoms with van der Waals surface area (Å²) in [6.45, 7) is 3.92. The number of hydrogen-bond acceptors (Lipinski definition) is 5. The molecule has 1 aromatic heterocycles. The van der Waals surface area contributed by atoms with Crippen LogP contribution in [0.2, 0.25) is 0 Å². The Morgan fingerprint density at radius 1 is 1.50 bits per heavy atom. The summed E-state index contributed by atoms with van der Waals surface area (Å²) in [6, 6.07) is 6.52. The molecular formula is C12H14BrN3S2. The topological polar surface area (TPSA) is 51.8 Å². The van der Waals surface area contributed by atoms with Crippen LogP contribution in [0, 0.1) is 6.92 Å². The van der Waals surface area contributed by atoms with Crippen LogP contribution in [0.1, 0.15) is 18.3 Å². The zero-order chi connectivity index (χ0) is 13.1. The second-order valence-corrected chi connectivity index (χ2v) is 7.05. The van der Waals surface area contributed by atoms with Crippen LogP contribution in [0.25, 0.3) is 0 Å². The third kappa shape index (κ3) is 3.78. The molecule has 0 fully saturated rings. The lowest BCUT2D eigenvalue weighted by molar-refractivity contribution is 0.737. The molecule has 0 aliphatic rings. The Kier molecular flexibility index (Phi) is 4.77. The number of aryl methyl sites for hydroxylation is 1. The maximum Gasteiger partial charge on any atom is 0.174 e. The fraction of sp³-hybridized carbons (Fsp3) is 0.333. The van der Waals surface area contributed by atoms with E-state index in [2.05, 4.69) is 43.5 Å². The predicted molar refractivity (Wildman–Crippen MR) is 80.3 cm³/mol. The molecule has 0 bridgehead atoms. The van der Waals surface area contributed by atoms with Gasteiger partial charge in [0, 0.05) is 15.4 Å². The minimum Gasteiger partial charge on any atom is -0.328 e. The van der Waals surface area contributed by atoms with E-state index in [-0.39, 0.29) is 6.04 Å². The van der Waals surface area contributed by atoms with Gasteiger partial charge in [-0.1, -0.05) is 17.8 Å². The van der Waals surface area contributed by atoms with Gasteiger partial charge in [-0.15, -0.1) is 0 Å². The molecule has 96 valence electrons. The second kappa shape index (κ2) is 6.14. The Morgan fingerprint density at radius 3 is 2.83 bits per heavy atom. The van der Waals surface area contributed by atoms with Crippen molar-refractivity contribution < 1.29 is 0 Å². The van der Waals surface area contributed by atoms with Gasteiger partial charge in [-0.05, 0) is 65.4 Å². The molecule has 1 unspecified atom stereocenters. The molecule has 0 saturated carbocycles. The van der Waals surface area contributed by atoms with E-state index in [0.29, 0.717) is 0 Å². The van der Waals surface area contributed by atoms with Crippen LogP contribution in [0.15, 0.2) is 31.9 Å². The summed E-state index contributed by atoms with van der Waals surface area (Å²) in [5, 5.41) is 0. The van der Waals surface area contributed by atoms with Crippen molar-refractivity contribution in [3.8, 4) is 0 Å². The quantitative estimate of drug-likeness (QED) is 0.920. The van der Waals surface area contributed by atoms with Crippen LogP contribution in [0.5, 0.6) is 0 Å². The number of aromatic nitrogens is 2. The molecular weight excluding hydrogens is 330 g/mol. The monoisotopic (exact) mass is 343 g/mol. The third-order valence-electron chi connectivity index (χ3n) is 2.26. The summed E-state index contributed by atoms with van der Waals surface area (Å²) in [6.07, 6.45) is 0.890. The first-order chi connectivity index (χ1) is 8.54. The van der Waals surface area contributed by atoms with Crippen molar-refractivity contribution >= 4 is 39.2 Å². The highest BCUT2D eigenvalue weighted by atomic mass is 79.9. The van der Waals surface area contributed by atoms with E-state index in [1.165, 1.54) is 17.1 Å². The molecule has 3 nitrogen and oxygen atoms in total. The summed E-state index contributed by atoms with van der Waals surface area (Å²) in [5.74, 6) is 0.826. The van der Waals surface area contributed by atoms with Gasteiger partial charge in [-0.2, -0.15) is 4.37 Å². The van der Waals surface area contributed by atoms with Crippen molar-refractivity contribution in [3.63, 3.8) is 0 Å². The van der Waals surface area contributed by atoms with Crippen molar-refractivity contribution in [2.24, 2.45) is 5.73 Å². The minimum atomic E-state index is 0.182. The Labute approximate surface area is 123 Å². The predicted octanol–water partition coefficient (Wildman–Crippen LogP) is 3.65. The van der Waals surface area contributed by atoms with Crippen LogP contribution in [0.4, 0.5) is 0 Å². The molecule has 0 aliphatic heterocycles. The zero-order valence-electron chi connectivity index (χ0n) is 10.2. The Morgan fingerprint density at radius 2 is 2.28 bits per heavy atom. The van der Waals surface area contributed by atoms with E-state index in [0.717, 1.165) is 26.0 Å². The summed E-state index contributed by atoms with van der Waals surface area (Å²) in [7, 11) is 0. The highest BCUT2D eigenvalue weighted by molar-refractivity contribution is 9.10. The smallest absolute Gasteiger partial charge is 0.174 e. The van der Waals surface area contributed by atoms with Gasteiger partial charge in [-0.25, -0.2) is 4.98 Å². The molecule has 18 heavy (non-hydrogen) atoms. The van der Waals surface area contributed by atoms with Crippen LogP contribution < -0.4 is 5.73 Å². The third-order valence-corrected chi connectivity index (χ3v) is 5.10. The molecule has 1 aromatic carbocycles. The van der Waals surface area contributed by atoms with Gasteiger partial charge in [-0.3, -0.25) is 0 Å². The molecule has 0 spiro atoms.